The molecular weight excluding hydrogens is 280 g/mol. The van der Waals surface area contributed by atoms with Gasteiger partial charge in [-0.1, -0.05) is 6.42 Å². The first kappa shape index (κ1) is 16.6. The molecule has 1 aliphatic rings. The lowest BCUT2D eigenvalue weighted by atomic mass is 9.98. The number of methoxy groups -OCH3 is 1. The summed E-state index contributed by atoms with van der Waals surface area (Å²) in [6.07, 6.45) is 3.73. The standard InChI is InChI=1S/C17H26N2O3/c1-17(2,19-9-5-4-6-10-19)12-18-16(21)14-8-7-13(22-3)11-15(14)20/h7-8,11,20H,4-6,9-10,12H2,1-3H3,(H,18,21). The van der Waals surface area contributed by atoms with Crippen LogP contribution in [0.5, 0.6) is 11.5 Å². The van der Waals surface area contributed by atoms with E-state index in [1.54, 1.807) is 12.1 Å². The largest absolute Gasteiger partial charge is 0.507 e. The predicted molar refractivity (Wildman–Crippen MR) is 86.5 cm³/mol. The van der Waals surface area contributed by atoms with Gasteiger partial charge in [0.05, 0.1) is 12.7 Å². The van der Waals surface area contributed by atoms with Gasteiger partial charge < -0.3 is 15.2 Å². The number of carbonyl (C=O) groups is 1. The molecule has 22 heavy (non-hydrogen) atoms. The molecule has 2 N–H and O–H groups in total. The molecule has 1 amide bonds. The summed E-state index contributed by atoms with van der Waals surface area (Å²) in [5.41, 5.74) is 0.188. The van der Waals surface area contributed by atoms with Crippen LogP contribution in [0.25, 0.3) is 0 Å². The number of amides is 1. The van der Waals surface area contributed by atoms with Crippen LogP contribution in [0.15, 0.2) is 18.2 Å². The van der Waals surface area contributed by atoms with Crippen LogP contribution in [0, 0.1) is 0 Å². The molecule has 1 aromatic rings. The molecule has 0 radical (unpaired) electrons. The highest BCUT2D eigenvalue weighted by Gasteiger charge is 2.28. The maximum Gasteiger partial charge on any atom is 0.255 e. The minimum atomic E-state index is -0.259. The number of carbonyl (C=O) groups excluding carboxylic acids is 1. The topological polar surface area (TPSA) is 61.8 Å². The van der Waals surface area contributed by atoms with Crippen molar-refractivity contribution in [1.82, 2.24) is 10.2 Å². The molecule has 0 atom stereocenters. The lowest BCUT2D eigenvalue weighted by molar-refractivity contribution is 0.0796. The number of nitrogens with zero attached hydrogens (tertiary/aromatic N) is 1. The molecule has 1 heterocycles. The van der Waals surface area contributed by atoms with Crippen LogP contribution in [0.1, 0.15) is 43.5 Å². The summed E-state index contributed by atoms with van der Waals surface area (Å²) in [6.45, 7) is 7.00. The molecule has 5 nitrogen and oxygen atoms in total. The first-order chi connectivity index (χ1) is 10.4. The average Bonchev–Trinajstić information content (AvgIpc) is 2.53. The van der Waals surface area contributed by atoms with E-state index in [4.69, 9.17) is 4.74 Å². The quantitative estimate of drug-likeness (QED) is 0.877. The van der Waals surface area contributed by atoms with E-state index in [1.165, 1.54) is 32.4 Å². The van der Waals surface area contributed by atoms with Crippen molar-refractivity contribution in [3.8, 4) is 11.5 Å². The van der Waals surface area contributed by atoms with Crippen LogP contribution in [-0.4, -0.2) is 48.2 Å². The number of benzene rings is 1. The molecule has 0 spiro atoms. The maximum absolute atomic E-state index is 12.3. The van der Waals surface area contributed by atoms with Crippen LogP contribution in [0.3, 0.4) is 0 Å². The van der Waals surface area contributed by atoms with Crippen molar-refractivity contribution >= 4 is 5.91 Å². The highest BCUT2D eigenvalue weighted by molar-refractivity contribution is 5.97. The summed E-state index contributed by atoms with van der Waals surface area (Å²) in [5.74, 6) is 0.209. The van der Waals surface area contributed by atoms with E-state index in [9.17, 15) is 9.90 Å². The average molecular weight is 306 g/mol. The number of aromatic hydroxyl groups is 1. The highest BCUT2D eigenvalue weighted by Crippen LogP contribution is 2.24. The minimum Gasteiger partial charge on any atom is -0.507 e. The van der Waals surface area contributed by atoms with Crippen molar-refractivity contribution in [3.63, 3.8) is 0 Å². The second-order valence-electron chi connectivity index (χ2n) is 6.43. The number of hydrogen-bond acceptors (Lipinski definition) is 4. The van der Waals surface area contributed by atoms with Crippen molar-refractivity contribution in [3.05, 3.63) is 23.8 Å². The van der Waals surface area contributed by atoms with Gasteiger partial charge in [-0.3, -0.25) is 9.69 Å². The molecule has 1 aliphatic heterocycles. The first-order valence-electron chi connectivity index (χ1n) is 7.84. The summed E-state index contributed by atoms with van der Waals surface area (Å²) in [6, 6.07) is 4.70. The van der Waals surface area contributed by atoms with Gasteiger partial charge in [0, 0.05) is 18.2 Å². The third kappa shape index (κ3) is 3.91. The monoisotopic (exact) mass is 306 g/mol. The fourth-order valence-corrected chi connectivity index (χ4v) is 2.83. The van der Waals surface area contributed by atoms with Gasteiger partial charge in [-0.25, -0.2) is 0 Å². The van der Waals surface area contributed by atoms with E-state index in [0.717, 1.165) is 13.1 Å². The molecule has 5 heteroatoms. The van der Waals surface area contributed by atoms with E-state index >= 15 is 0 Å². The Bertz CT molecular complexity index is 523. The van der Waals surface area contributed by atoms with Crippen LogP contribution in [0.4, 0.5) is 0 Å². The fraction of sp³-hybridized carbons (Fsp3) is 0.588. The number of nitrogens with one attached hydrogen (secondary N) is 1. The number of hydrogen-bond donors (Lipinski definition) is 2. The molecule has 0 unspecified atom stereocenters. The summed E-state index contributed by atoms with van der Waals surface area (Å²) in [4.78, 5) is 14.7. The van der Waals surface area contributed by atoms with Crippen LogP contribution >= 0.6 is 0 Å². The number of phenols is 1. The van der Waals surface area contributed by atoms with Crippen molar-refractivity contribution in [2.45, 2.75) is 38.6 Å². The molecule has 2 rings (SSSR count). The summed E-state index contributed by atoms with van der Waals surface area (Å²) in [5, 5.41) is 12.9. The molecular formula is C17H26N2O3. The normalized spacial score (nSPS) is 16.3. The van der Waals surface area contributed by atoms with E-state index in [-0.39, 0.29) is 22.8 Å². The Balaban J connectivity index is 1.97. The fourth-order valence-electron chi connectivity index (χ4n) is 2.83. The zero-order valence-corrected chi connectivity index (χ0v) is 13.7. The van der Waals surface area contributed by atoms with Crippen molar-refractivity contribution < 1.29 is 14.6 Å². The Morgan fingerprint density at radius 1 is 1.32 bits per heavy atom. The van der Waals surface area contributed by atoms with E-state index in [2.05, 4.69) is 24.1 Å². The summed E-state index contributed by atoms with van der Waals surface area (Å²) in [7, 11) is 1.52. The smallest absolute Gasteiger partial charge is 0.255 e. The van der Waals surface area contributed by atoms with Crippen molar-refractivity contribution in [2.75, 3.05) is 26.7 Å². The number of piperidine rings is 1. The SMILES string of the molecule is COc1ccc(C(=O)NCC(C)(C)N2CCCCC2)c(O)c1. The number of ether oxygens (including phenoxy) is 1. The minimum absolute atomic E-state index is 0.0624. The maximum atomic E-state index is 12.3. The third-order valence-electron chi connectivity index (χ3n) is 4.34. The van der Waals surface area contributed by atoms with Crippen molar-refractivity contribution in [1.29, 1.82) is 0 Å². The Kier molecular flexibility index (Phi) is 5.29. The molecule has 0 bridgehead atoms. The molecule has 122 valence electrons. The predicted octanol–water partition coefficient (Wildman–Crippen LogP) is 2.40. The lowest BCUT2D eigenvalue weighted by Crippen LogP contribution is -2.53. The van der Waals surface area contributed by atoms with Gasteiger partial charge in [0.25, 0.3) is 5.91 Å². The molecule has 0 aliphatic carbocycles. The van der Waals surface area contributed by atoms with Crippen LogP contribution in [0.2, 0.25) is 0 Å². The van der Waals surface area contributed by atoms with E-state index in [1.807, 2.05) is 0 Å². The van der Waals surface area contributed by atoms with Crippen LogP contribution in [-0.2, 0) is 0 Å². The van der Waals surface area contributed by atoms with Gasteiger partial charge in [0.2, 0.25) is 0 Å². The Morgan fingerprint density at radius 3 is 2.59 bits per heavy atom. The first-order valence-corrected chi connectivity index (χ1v) is 7.84. The van der Waals surface area contributed by atoms with Gasteiger partial charge in [0.1, 0.15) is 11.5 Å². The van der Waals surface area contributed by atoms with Gasteiger partial charge >= 0.3 is 0 Å². The van der Waals surface area contributed by atoms with Gasteiger partial charge in [0.15, 0.2) is 0 Å². The Morgan fingerprint density at radius 2 is 2.00 bits per heavy atom. The van der Waals surface area contributed by atoms with E-state index in [0.29, 0.717) is 12.3 Å². The second kappa shape index (κ2) is 7.01. The molecule has 0 saturated carbocycles. The number of likely N-dealkylation sites (tertiary alicyclic amines) is 1. The van der Waals surface area contributed by atoms with Crippen LogP contribution < -0.4 is 10.1 Å². The molecule has 1 fully saturated rings. The van der Waals surface area contributed by atoms with E-state index < -0.39 is 0 Å². The number of phenolic OH excluding ortho intramolecular Hbond substituents is 1. The zero-order valence-electron chi connectivity index (χ0n) is 13.7. The van der Waals surface area contributed by atoms with Crippen molar-refractivity contribution in [2.24, 2.45) is 0 Å². The lowest BCUT2D eigenvalue weighted by Gasteiger charge is -2.41. The number of rotatable bonds is 5. The third-order valence-corrected chi connectivity index (χ3v) is 4.34. The Hall–Kier alpha value is -1.75. The molecule has 1 aromatic carbocycles. The molecule has 1 saturated heterocycles. The van der Waals surface area contributed by atoms with Gasteiger partial charge in [-0.15, -0.1) is 0 Å². The second-order valence-corrected chi connectivity index (χ2v) is 6.43. The van der Waals surface area contributed by atoms with Gasteiger partial charge in [-0.2, -0.15) is 0 Å². The Labute approximate surface area is 132 Å². The summed E-state index contributed by atoms with van der Waals surface area (Å²) < 4.78 is 5.02. The highest BCUT2D eigenvalue weighted by atomic mass is 16.5. The van der Waals surface area contributed by atoms with Gasteiger partial charge in [-0.05, 0) is 51.9 Å². The summed E-state index contributed by atoms with van der Waals surface area (Å²) >= 11 is 0. The molecule has 0 aromatic heterocycles. The zero-order chi connectivity index (χ0) is 16.2.